The Hall–Kier alpha value is -2.77. The maximum Gasteiger partial charge on any atom is 0.321 e. The molecule has 0 saturated carbocycles. The van der Waals surface area contributed by atoms with E-state index in [9.17, 15) is 9.90 Å². The minimum absolute atomic E-state index is 0.0592. The van der Waals surface area contributed by atoms with Gasteiger partial charge in [0, 0.05) is 12.1 Å². The monoisotopic (exact) mass is 340 g/mol. The summed E-state index contributed by atoms with van der Waals surface area (Å²) < 4.78 is 0. The van der Waals surface area contributed by atoms with Gasteiger partial charge < -0.3 is 10.4 Å². The van der Waals surface area contributed by atoms with Crippen molar-refractivity contribution in [3.8, 4) is 10.6 Å². The van der Waals surface area contributed by atoms with Crippen LogP contribution in [0.4, 0.5) is 9.93 Å². The fourth-order valence-electron chi connectivity index (χ4n) is 2.17. The molecule has 0 fully saturated rings. The van der Waals surface area contributed by atoms with Crippen molar-refractivity contribution in [3.63, 3.8) is 0 Å². The SMILES string of the molecule is O=C(NCc1ccccc1CO)Nc1nnc(-c2ccccc2)s1. The summed E-state index contributed by atoms with van der Waals surface area (Å²) >= 11 is 1.31. The van der Waals surface area contributed by atoms with Crippen molar-refractivity contribution in [2.45, 2.75) is 13.2 Å². The molecule has 1 heterocycles. The lowest BCUT2D eigenvalue weighted by Gasteiger charge is -2.08. The van der Waals surface area contributed by atoms with Gasteiger partial charge in [0.05, 0.1) is 6.61 Å². The highest BCUT2D eigenvalue weighted by atomic mass is 32.1. The molecular weight excluding hydrogens is 324 g/mol. The zero-order valence-electron chi connectivity index (χ0n) is 12.8. The minimum Gasteiger partial charge on any atom is -0.392 e. The normalized spacial score (nSPS) is 10.4. The van der Waals surface area contributed by atoms with Gasteiger partial charge in [-0.3, -0.25) is 5.32 Å². The van der Waals surface area contributed by atoms with E-state index in [2.05, 4.69) is 20.8 Å². The second kappa shape index (κ2) is 7.67. The highest BCUT2D eigenvalue weighted by molar-refractivity contribution is 7.18. The Bertz CT molecular complexity index is 820. The third-order valence-electron chi connectivity index (χ3n) is 3.39. The zero-order valence-corrected chi connectivity index (χ0v) is 13.6. The quantitative estimate of drug-likeness (QED) is 0.666. The van der Waals surface area contributed by atoms with Gasteiger partial charge in [-0.2, -0.15) is 0 Å². The predicted molar refractivity (Wildman–Crippen MR) is 93.6 cm³/mol. The van der Waals surface area contributed by atoms with Crippen LogP contribution >= 0.6 is 11.3 Å². The molecule has 7 heteroatoms. The highest BCUT2D eigenvalue weighted by Gasteiger charge is 2.09. The van der Waals surface area contributed by atoms with E-state index in [1.54, 1.807) is 0 Å². The number of nitrogens with zero attached hydrogens (tertiary/aromatic N) is 2. The van der Waals surface area contributed by atoms with E-state index in [0.29, 0.717) is 11.7 Å². The molecule has 2 amide bonds. The summed E-state index contributed by atoms with van der Waals surface area (Å²) in [5, 5.41) is 23.9. The van der Waals surface area contributed by atoms with Crippen LogP contribution in [0, 0.1) is 0 Å². The van der Waals surface area contributed by atoms with Crippen molar-refractivity contribution in [2.75, 3.05) is 5.32 Å². The van der Waals surface area contributed by atoms with E-state index in [0.717, 1.165) is 21.7 Å². The van der Waals surface area contributed by atoms with E-state index in [1.807, 2.05) is 54.6 Å². The number of urea groups is 1. The lowest BCUT2D eigenvalue weighted by molar-refractivity contribution is 0.251. The molecule has 3 N–H and O–H groups in total. The van der Waals surface area contributed by atoms with Gasteiger partial charge in [-0.1, -0.05) is 65.9 Å². The van der Waals surface area contributed by atoms with E-state index in [4.69, 9.17) is 0 Å². The number of amides is 2. The van der Waals surface area contributed by atoms with Crippen molar-refractivity contribution >= 4 is 22.5 Å². The first kappa shape index (κ1) is 16.1. The fraction of sp³-hybridized carbons (Fsp3) is 0.118. The number of hydrogen-bond donors (Lipinski definition) is 3. The Morgan fingerprint density at radius 2 is 1.71 bits per heavy atom. The maximum absolute atomic E-state index is 12.0. The molecule has 0 saturated heterocycles. The molecule has 3 rings (SSSR count). The third-order valence-corrected chi connectivity index (χ3v) is 4.28. The summed E-state index contributed by atoms with van der Waals surface area (Å²) in [7, 11) is 0. The number of aromatic nitrogens is 2. The number of aliphatic hydroxyl groups excluding tert-OH is 1. The van der Waals surface area contributed by atoms with E-state index >= 15 is 0 Å². The largest absolute Gasteiger partial charge is 0.392 e. The number of rotatable bonds is 5. The summed E-state index contributed by atoms with van der Waals surface area (Å²) in [5.74, 6) is 0. The van der Waals surface area contributed by atoms with Crippen molar-refractivity contribution in [2.24, 2.45) is 0 Å². The van der Waals surface area contributed by atoms with Gasteiger partial charge in [0.25, 0.3) is 0 Å². The summed E-state index contributed by atoms with van der Waals surface area (Å²) in [6.07, 6.45) is 0. The number of benzene rings is 2. The average molecular weight is 340 g/mol. The van der Waals surface area contributed by atoms with Crippen molar-refractivity contribution in [1.29, 1.82) is 0 Å². The van der Waals surface area contributed by atoms with E-state index in [1.165, 1.54) is 11.3 Å². The van der Waals surface area contributed by atoms with Crippen LogP contribution in [0.2, 0.25) is 0 Å². The first-order valence-electron chi connectivity index (χ1n) is 7.37. The Morgan fingerprint density at radius 1 is 1.00 bits per heavy atom. The zero-order chi connectivity index (χ0) is 16.8. The standard InChI is InChI=1S/C17H16N4O2S/c22-11-14-9-5-4-8-13(14)10-18-16(23)19-17-21-20-15(24-17)12-6-2-1-3-7-12/h1-9,22H,10-11H2,(H2,18,19,21,23). The second-order valence-corrected chi connectivity index (χ2v) is 5.99. The van der Waals surface area contributed by atoms with Gasteiger partial charge >= 0.3 is 6.03 Å². The van der Waals surface area contributed by atoms with Gasteiger partial charge in [0.15, 0.2) is 0 Å². The van der Waals surface area contributed by atoms with Gasteiger partial charge in [-0.05, 0) is 11.1 Å². The summed E-state index contributed by atoms with van der Waals surface area (Å²) in [5.41, 5.74) is 2.62. The topological polar surface area (TPSA) is 87.1 Å². The van der Waals surface area contributed by atoms with Gasteiger partial charge in [0.2, 0.25) is 5.13 Å². The number of carbonyl (C=O) groups excluding carboxylic acids is 1. The van der Waals surface area contributed by atoms with Gasteiger partial charge in [-0.25, -0.2) is 4.79 Å². The van der Waals surface area contributed by atoms with Crippen LogP contribution in [0.5, 0.6) is 0 Å². The molecule has 122 valence electrons. The van der Waals surface area contributed by atoms with E-state index in [-0.39, 0.29) is 12.6 Å². The predicted octanol–water partition coefficient (Wildman–Crippen LogP) is 3.02. The van der Waals surface area contributed by atoms with Gasteiger partial charge in [0.1, 0.15) is 5.01 Å². The Balaban J connectivity index is 1.58. The maximum atomic E-state index is 12.0. The molecular formula is C17H16N4O2S. The molecule has 0 radical (unpaired) electrons. The fourth-order valence-corrected chi connectivity index (χ4v) is 2.92. The summed E-state index contributed by atoms with van der Waals surface area (Å²) in [6, 6.07) is 16.7. The molecule has 6 nitrogen and oxygen atoms in total. The Labute approximate surface area is 143 Å². The van der Waals surface area contributed by atoms with Crippen LogP contribution in [-0.2, 0) is 13.2 Å². The molecule has 0 atom stereocenters. The first-order valence-corrected chi connectivity index (χ1v) is 8.19. The van der Waals surface area contributed by atoms with Crippen LogP contribution in [-0.4, -0.2) is 21.3 Å². The third kappa shape index (κ3) is 3.95. The molecule has 1 aromatic heterocycles. The molecule has 0 aliphatic carbocycles. The number of carbonyl (C=O) groups is 1. The highest BCUT2D eigenvalue weighted by Crippen LogP contribution is 2.25. The van der Waals surface area contributed by atoms with Crippen LogP contribution in [0.1, 0.15) is 11.1 Å². The molecule has 0 unspecified atom stereocenters. The van der Waals surface area contributed by atoms with Crippen LogP contribution in [0.15, 0.2) is 54.6 Å². The molecule has 0 aliphatic rings. The second-order valence-electron chi connectivity index (χ2n) is 5.01. The minimum atomic E-state index is -0.362. The van der Waals surface area contributed by atoms with Crippen molar-refractivity contribution in [3.05, 3.63) is 65.7 Å². The first-order chi connectivity index (χ1) is 11.8. The summed E-state index contributed by atoms with van der Waals surface area (Å²) in [6.45, 7) is 0.267. The molecule has 24 heavy (non-hydrogen) atoms. The van der Waals surface area contributed by atoms with E-state index < -0.39 is 0 Å². The Kier molecular flexibility index (Phi) is 5.15. The number of anilines is 1. The van der Waals surface area contributed by atoms with Crippen molar-refractivity contribution < 1.29 is 9.90 Å². The number of aliphatic hydroxyl groups is 1. The summed E-state index contributed by atoms with van der Waals surface area (Å²) in [4.78, 5) is 12.0. The van der Waals surface area contributed by atoms with Crippen molar-refractivity contribution in [1.82, 2.24) is 15.5 Å². The van der Waals surface area contributed by atoms with Gasteiger partial charge in [-0.15, -0.1) is 10.2 Å². The smallest absolute Gasteiger partial charge is 0.321 e. The lowest BCUT2D eigenvalue weighted by atomic mass is 10.1. The van der Waals surface area contributed by atoms with Crippen LogP contribution in [0.3, 0.4) is 0 Å². The Morgan fingerprint density at radius 3 is 2.46 bits per heavy atom. The van der Waals surface area contributed by atoms with Crippen LogP contribution < -0.4 is 10.6 Å². The molecule has 0 aliphatic heterocycles. The number of hydrogen-bond acceptors (Lipinski definition) is 5. The number of nitrogens with one attached hydrogen (secondary N) is 2. The lowest BCUT2D eigenvalue weighted by Crippen LogP contribution is -2.28. The molecule has 3 aromatic rings. The molecule has 0 spiro atoms. The van der Waals surface area contributed by atoms with Crippen LogP contribution in [0.25, 0.3) is 10.6 Å². The molecule has 0 bridgehead atoms. The average Bonchev–Trinajstić information content (AvgIpc) is 3.09. The molecule has 2 aromatic carbocycles.